The highest BCUT2D eigenvalue weighted by Gasteiger charge is 2.23. The van der Waals surface area contributed by atoms with Gasteiger partial charge in [-0.05, 0) is 12.5 Å². The molecule has 1 radical (unpaired) electrons. The maximum Gasteiger partial charge on any atom is 0.354 e. The molecule has 0 fully saturated rings. The van der Waals surface area contributed by atoms with Crippen molar-refractivity contribution in [2.75, 3.05) is 0 Å². The molecule has 20 heavy (non-hydrogen) atoms. The highest BCUT2D eigenvalue weighted by molar-refractivity contribution is 5.89. The molecule has 0 unspecified atom stereocenters. The van der Waals surface area contributed by atoms with E-state index in [1.807, 2.05) is 30.3 Å². The Morgan fingerprint density at radius 1 is 1.30 bits per heavy atom. The second-order valence-corrected chi connectivity index (χ2v) is 4.10. The Morgan fingerprint density at radius 2 is 2.00 bits per heavy atom. The van der Waals surface area contributed by atoms with Gasteiger partial charge >= 0.3 is 11.9 Å². The van der Waals surface area contributed by atoms with E-state index in [2.05, 4.69) is 4.98 Å². The Kier molecular flexibility index (Phi) is 4.14. The van der Waals surface area contributed by atoms with Crippen LogP contribution in [0.3, 0.4) is 0 Å². The summed E-state index contributed by atoms with van der Waals surface area (Å²) in [6.07, 6.45) is 2.44. The first-order valence-electron chi connectivity index (χ1n) is 5.90. The summed E-state index contributed by atoms with van der Waals surface area (Å²) in [6.45, 7) is 1.62. The topological polar surface area (TPSA) is 81.4 Å². The number of carboxylic acids is 1. The Bertz CT molecular complexity index is 607. The molecular weight excluding hydrogens is 260 g/mol. The van der Waals surface area contributed by atoms with Crippen molar-refractivity contribution in [2.24, 2.45) is 0 Å². The fraction of sp³-hybridized carbons (Fsp3) is 0.143. The molecule has 0 saturated carbocycles. The van der Waals surface area contributed by atoms with Gasteiger partial charge in [0.25, 0.3) is 0 Å². The summed E-state index contributed by atoms with van der Waals surface area (Å²) < 4.78 is 6.32. The fourth-order valence-electron chi connectivity index (χ4n) is 1.65. The molecule has 0 amide bonds. The van der Waals surface area contributed by atoms with Crippen LogP contribution in [0.2, 0.25) is 0 Å². The van der Waals surface area contributed by atoms with Gasteiger partial charge in [-0.25, -0.2) is 14.6 Å². The van der Waals surface area contributed by atoms with Crippen LogP contribution in [0.15, 0.2) is 42.9 Å². The van der Waals surface area contributed by atoms with Gasteiger partial charge in [-0.1, -0.05) is 30.3 Å². The molecule has 0 saturated heterocycles. The predicted molar refractivity (Wildman–Crippen MR) is 69.7 cm³/mol. The van der Waals surface area contributed by atoms with Gasteiger partial charge in [-0.3, -0.25) is 0 Å². The minimum absolute atomic E-state index is 0.0841. The number of aromatic carboxylic acids is 1. The highest BCUT2D eigenvalue weighted by Crippen LogP contribution is 2.12. The number of carbonyl (C=O) groups is 2. The Balaban J connectivity index is 2.02. The third kappa shape index (κ3) is 3.03. The molecule has 1 heterocycles. The SMILES string of the molecule is C[C](C(=O)OCc1ccccc1)n1cncc1C(=O)O. The number of hydrogen-bond acceptors (Lipinski definition) is 4. The minimum atomic E-state index is -1.15. The summed E-state index contributed by atoms with van der Waals surface area (Å²) in [7, 11) is 0. The summed E-state index contributed by atoms with van der Waals surface area (Å²) >= 11 is 0. The summed E-state index contributed by atoms with van der Waals surface area (Å²) in [4.78, 5) is 26.6. The van der Waals surface area contributed by atoms with Crippen molar-refractivity contribution in [3.63, 3.8) is 0 Å². The number of esters is 1. The lowest BCUT2D eigenvalue weighted by atomic mass is 10.2. The average molecular weight is 273 g/mol. The van der Waals surface area contributed by atoms with Crippen LogP contribution < -0.4 is 0 Å². The van der Waals surface area contributed by atoms with Crippen molar-refractivity contribution in [3.8, 4) is 0 Å². The van der Waals surface area contributed by atoms with E-state index in [4.69, 9.17) is 9.84 Å². The van der Waals surface area contributed by atoms with Gasteiger partial charge in [0.15, 0.2) is 6.04 Å². The average Bonchev–Trinajstić information content (AvgIpc) is 2.94. The minimum Gasteiger partial charge on any atom is -0.477 e. The number of hydrogen-bond donors (Lipinski definition) is 1. The van der Waals surface area contributed by atoms with Crippen LogP contribution in [0.25, 0.3) is 0 Å². The Hall–Kier alpha value is -2.63. The van der Waals surface area contributed by atoms with Gasteiger partial charge < -0.3 is 14.4 Å². The number of carboxylic acid groups (broad SMARTS) is 1. The Labute approximate surface area is 115 Å². The van der Waals surface area contributed by atoms with E-state index < -0.39 is 11.9 Å². The molecule has 0 aliphatic heterocycles. The van der Waals surface area contributed by atoms with E-state index in [9.17, 15) is 9.59 Å². The Morgan fingerprint density at radius 3 is 2.65 bits per heavy atom. The van der Waals surface area contributed by atoms with Crippen LogP contribution in [0.4, 0.5) is 0 Å². The lowest BCUT2D eigenvalue weighted by Gasteiger charge is -2.13. The maximum absolute atomic E-state index is 11.9. The molecule has 0 aliphatic rings. The van der Waals surface area contributed by atoms with E-state index >= 15 is 0 Å². The van der Waals surface area contributed by atoms with E-state index in [1.165, 1.54) is 24.0 Å². The monoisotopic (exact) mass is 273 g/mol. The first-order chi connectivity index (χ1) is 9.59. The normalized spacial score (nSPS) is 10.5. The molecule has 1 aromatic carbocycles. The molecule has 6 nitrogen and oxygen atoms in total. The van der Waals surface area contributed by atoms with Crippen molar-refractivity contribution in [1.29, 1.82) is 0 Å². The molecule has 0 atom stereocenters. The summed E-state index contributed by atoms with van der Waals surface area (Å²) in [5, 5.41) is 8.97. The van der Waals surface area contributed by atoms with Crippen molar-refractivity contribution in [1.82, 2.24) is 9.55 Å². The molecule has 0 aliphatic carbocycles. The zero-order valence-corrected chi connectivity index (χ0v) is 10.8. The summed E-state index contributed by atoms with van der Waals surface area (Å²) in [5.74, 6) is -1.74. The van der Waals surface area contributed by atoms with E-state index in [-0.39, 0.29) is 18.3 Å². The van der Waals surface area contributed by atoms with Crippen LogP contribution in [-0.2, 0) is 16.1 Å². The fourth-order valence-corrected chi connectivity index (χ4v) is 1.65. The zero-order chi connectivity index (χ0) is 14.5. The molecule has 2 rings (SSSR count). The van der Waals surface area contributed by atoms with Crippen LogP contribution in [-0.4, -0.2) is 26.6 Å². The molecule has 1 aromatic heterocycles. The molecule has 103 valence electrons. The van der Waals surface area contributed by atoms with Crippen LogP contribution >= 0.6 is 0 Å². The van der Waals surface area contributed by atoms with Gasteiger partial charge in [0, 0.05) is 0 Å². The zero-order valence-electron chi connectivity index (χ0n) is 10.8. The predicted octanol–water partition coefficient (Wildman–Crippen LogP) is 1.72. The summed E-state index contributed by atoms with van der Waals surface area (Å²) in [5.41, 5.74) is 0.775. The third-order valence-electron chi connectivity index (χ3n) is 2.73. The number of carbonyl (C=O) groups excluding carboxylic acids is 1. The quantitative estimate of drug-likeness (QED) is 0.839. The second-order valence-electron chi connectivity index (χ2n) is 4.10. The van der Waals surface area contributed by atoms with Gasteiger partial charge in [0.05, 0.1) is 12.5 Å². The smallest absolute Gasteiger partial charge is 0.354 e. The maximum atomic E-state index is 11.9. The number of benzene rings is 1. The molecule has 0 spiro atoms. The van der Waals surface area contributed by atoms with E-state index in [0.717, 1.165) is 5.56 Å². The first-order valence-corrected chi connectivity index (χ1v) is 5.90. The highest BCUT2D eigenvalue weighted by atomic mass is 16.5. The molecule has 1 N–H and O–H groups in total. The largest absolute Gasteiger partial charge is 0.477 e. The van der Waals surface area contributed by atoms with Crippen molar-refractivity contribution >= 4 is 11.9 Å². The van der Waals surface area contributed by atoms with E-state index in [0.29, 0.717) is 0 Å². The second kappa shape index (κ2) is 6.01. The van der Waals surface area contributed by atoms with Gasteiger partial charge in [-0.2, -0.15) is 0 Å². The molecule has 2 aromatic rings. The van der Waals surface area contributed by atoms with Gasteiger partial charge in [0.1, 0.15) is 12.3 Å². The van der Waals surface area contributed by atoms with Crippen LogP contribution in [0.1, 0.15) is 23.0 Å². The molecule has 6 heteroatoms. The standard InChI is InChI=1S/C14H13N2O4/c1-10(16-9-15-7-12(16)13(17)18)14(19)20-8-11-5-3-2-4-6-11/h2-7,9H,8H2,1H3,(H,17,18). The van der Waals surface area contributed by atoms with Gasteiger partial charge in [0.2, 0.25) is 0 Å². The van der Waals surface area contributed by atoms with Crippen LogP contribution in [0, 0.1) is 6.04 Å². The lowest BCUT2D eigenvalue weighted by molar-refractivity contribution is -0.143. The van der Waals surface area contributed by atoms with Crippen molar-refractivity contribution in [2.45, 2.75) is 13.5 Å². The summed E-state index contributed by atoms with van der Waals surface area (Å²) in [6, 6.07) is 9.38. The number of rotatable bonds is 5. The number of imidazole rings is 1. The van der Waals surface area contributed by atoms with Crippen molar-refractivity contribution in [3.05, 3.63) is 60.2 Å². The third-order valence-corrected chi connectivity index (χ3v) is 2.73. The van der Waals surface area contributed by atoms with Crippen LogP contribution in [0.5, 0.6) is 0 Å². The van der Waals surface area contributed by atoms with Gasteiger partial charge in [-0.15, -0.1) is 0 Å². The van der Waals surface area contributed by atoms with E-state index in [1.54, 1.807) is 0 Å². The lowest BCUT2D eigenvalue weighted by Crippen LogP contribution is -2.22. The van der Waals surface area contributed by atoms with Crippen molar-refractivity contribution < 1.29 is 19.4 Å². The molecule has 0 bridgehead atoms. The number of nitrogens with zero attached hydrogens (tertiary/aromatic N) is 2. The first kappa shape index (κ1) is 13.8. The molecular formula is C14H13N2O4. The number of aromatic nitrogens is 2. The number of ether oxygens (including phenoxy) is 1.